The van der Waals surface area contributed by atoms with Crippen molar-refractivity contribution in [3.63, 3.8) is 0 Å². The van der Waals surface area contributed by atoms with Gasteiger partial charge in [0.05, 0.1) is 11.4 Å². The summed E-state index contributed by atoms with van der Waals surface area (Å²) in [6.07, 6.45) is 15.9. The van der Waals surface area contributed by atoms with E-state index in [9.17, 15) is 0 Å². The van der Waals surface area contributed by atoms with Crippen LogP contribution in [0.1, 0.15) is 71.9 Å². The van der Waals surface area contributed by atoms with E-state index in [0.29, 0.717) is 0 Å². The third-order valence-electron chi connectivity index (χ3n) is 8.35. The summed E-state index contributed by atoms with van der Waals surface area (Å²) in [5, 5.41) is 0. The molecule has 262 valence electrons. The van der Waals surface area contributed by atoms with Gasteiger partial charge in [-0.05, 0) is 96.8 Å². The van der Waals surface area contributed by atoms with Crippen LogP contribution in [0, 0.1) is 0 Å². The van der Waals surface area contributed by atoms with Gasteiger partial charge < -0.3 is 0 Å². The van der Waals surface area contributed by atoms with Gasteiger partial charge in [-0.2, -0.15) is 0 Å². The first-order valence-corrected chi connectivity index (χ1v) is 17.1. The number of aromatic nitrogens is 4. The molecule has 6 aromatic rings. The predicted octanol–water partition coefficient (Wildman–Crippen LogP) is 12.6. The zero-order valence-corrected chi connectivity index (χ0v) is 28.6. The van der Waals surface area contributed by atoms with Crippen LogP contribution in [0.4, 0.5) is 11.4 Å². The molecule has 0 aliphatic heterocycles. The number of hydrogen-bond donors (Lipinski definition) is 0. The Hall–Kier alpha value is -5.62. The topological polar surface area (TPSA) is 76.3 Å². The molecule has 0 radical (unpaired) electrons. The summed E-state index contributed by atoms with van der Waals surface area (Å²) in [5.74, 6) is 1.55. The molecule has 2 heterocycles. The summed E-state index contributed by atoms with van der Waals surface area (Å²) < 4.78 is 0. The number of aryl methyl sites for hydroxylation is 2. The largest absolute Gasteiger partial charge is 0.265 e. The van der Waals surface area contributed by atoms with Crippen LogP contribution in [0.5, 0.6) is 0 Å². The van der Waals surface area contributed by atoms with E-state index in [0.717, 1.165) is 69.2 Å². The van der Waals surface area contributed by atoms with Crippen LogP contribution in [0.2, 0.25) is 0 Å². The van der Waals surface area contributed by atoms with Gasteiger partial charge in [-0.3, -0.25) is 9.98 Å². The fraction of sp³-hybridized carbons (Fsp3) is 0.244. The van der Waals surface area contributed by atoms with Crippen LogP contribution in [0.15, 0.2) is 132 Å². The zero-order valence-electron chi connectivity index (χ0n) is 28.6. The second kappa shape index (κ2) is 20.8. The van der Waals surface area contributed by atoms with E-state index >= 15 is 0 Å². The molecule has 6 heteroatoms. The van der Waals surface area contributed by atoms with Gasteiger partial charge >= 0.3 is 0 Å². The maximum atomic E-state index is 4.52. The fourth-order valence-corrected chi connectivity index (χ4v) is 5.37. The second-order valence-corrected chi connectivity index (χ2v) is 12.0. The fourth-order valence-electron chi connectivity index (χ4n) is 5.37. The summed E-state index contributed by atoms with van der Waals surface area (Å²) in [6.45, 7) is 11.5. The monoisotopic (exact) mass is 676 g/mol. The molecule has 0 spiro atoms. The average Bonchev–Trinajstić information content (AvgIpc) is 3.18. The van der Waals surface area contributed by atoms with Crippen LogP contribution in [-0.2, 0) is 12.8 Å². The maximum absolute atomic E-state index is 4.52. The van der Waals surface area contributed by atoms with Gasteiger partial charge in [0.15, 0.2) is 11.6 Å². The first-order valence-electron chi connectivity index (χ1n) is 17.1. The molecule has 0 amide bonds. The highest BCUT2D eigenvalue weighted by atomic mass is 14.9. The summed E-state index contributed by atoms with van der Waals surface area (Å²) in [4.78, 5) is 25.9. The molecule has 4 aromatic carbocycles. The Morgan fingerprint density at radius 1 is 0.412 bits per heavy atom. The zero-order chi connectivity index (χ0) is 34.3. The summed E-state index contributed by atoms with van der Waals surface area (Å²) >= 11 is 0. The molecule has 0 atom stereocenters. The third kappa shape index (κ3) is 11.5. The molecule has 2 aromatic heterocycles. The first kappa shape index (κ1) is 39.8. The minimum absolute atomic E-state index is 0. The first-order chi connectivity index (χ1) is 24.1. The van der Waals surface area contributed by atoms with Crippen molar-refractivity contribution in [1.29, 1.82) is 0 Å². The van der Waals surface area contributed by atoms with Gasteiger partial charge in [-0.1, -0.05) is 121 Å². The Kier molecular flexibility index (Phi) is 16.2. The van der Waals surface area contributed by atoms with E-state index in [1.54, 1.807) is 0 Å². The van der Waals surface area contributed by atoms with Crippen molar-refractivity contribution in [3.8, 4) is 45.0 Å². The molecule has 0 saturated carbocycles. The lowest BCUT2D eigenvalue weighted by Crippen LogP contribution is -1.93. The molecule has 6 rings (SSSR count). The number of hydrogen-bond acceptors (Lipinski definition) is 6. The molecule has 0 fully saturated rings. The quantitative estimate of drug-likeness (QED) is 0.0901. The number of nitrogens with zero attached hydrogens (tertiary/aromatic N) is 6. The lowest BCUT2D eigenvalue weighted by atomic mass is 10.0. The van der Waals surface area contributed by atoms with Crippen LogP contribution in [0.3, 0.4) is 0 Å². The van der Waals surface area contributed by atoms with E-state index in [2.05, 4.69) is 130 Å². The van der Waals surface area contributed by atoms with Crippen LogP contribution >= 0.6 is 0 Å². The highest BCUT2D eigenvalue weighted by molar-refractivity contribution is 5.70. The van der Waals surface area contributed by atoms with Crippen LogP contribution in [0.25, 0.3) is 45.0 Å². The molecular formula is C45H52N6. The van der Waals surface area contributed by atoms with Gasteiger partial charge in [0, 0.05) is 35.9 Å². The standard InChI is InChI=1S/C22H23N3.C21H21N3.2CH4/c1-3-4-5-6-17-15-24-22(25-16-17)20-9-7-18(8-10-20)19-11-13-21(23-2)14-12-19;1-3-4-5-16-14-23-21(24-15-16)19-8-6-17(7-9-19)18-10-12-20(22-2)13-11-18;;/h7-16H,2-6H2,1H3;6-15H,2-5H2,1H3;2*1H4. The van der Waals surface area contributed by atoms with E-state index < -0.39 is 0 Å². The van der Waals surface area contributed by atoms with Crippen molar-refractivity contribution in [1.82, 2.24) is 19.9 Å². The van der Waals surface area contributed by atoms with Crippen molar-refractivity contribution >= 4 is 24.8 Å². The molecule has 0 N–H and O–H groups in total. The number of unbranched alkanes of at least 4 members (excludes halogenated alkanes) is 3. The summed E-state index contributed by atoms with van der Waals surface area (Å²) in [7, 11) is 0. The van der Waals surface area contributed by atoms with Crippen molar-refractivity contribution in [3.05, 3.63) is 133 Å². The maximum Gasteiger partial charge on any atom is 0.159 e. The molecule has 51 heavy (non-hydrogen) atoms. The molecule has 6 nitrogen and oxygen atoms in total. The Labute approximate surface area is 305 Å². The van der Waals surface area contributed by atoms with Gasteiger partial charge in [0.2, 0.25) is 0 Å². The molecule has 0 bridgehead atoms. The number of benzene rings is 4. The summed E-state index contributed by atoms with van der Waals surface area (Å²) in [5.41, 5.74) is 10.9. The smallest absolute Gasteiger partial charge is 0.159 e. The van der Waals surface area contributed by atoms with Gasteiger partial charge in [-0.15, -0.1) is 0 Å². The van der Waals surface area contributed by atoms with Gasteiger partial charge in [0.1, 0.15) is 0 Å². The molecular weight excluding hydrogens is 625 g/mol. The Morgan fingerprint density at radius 3 is 1.02 bits per heavy atom. The van der Waals surface area contributed by atoms with Crippen molar-refractivity contribution < 1.29 is 0 Å². The average molecular weight is 677 g/mol. The van der Waals surface area contributed by atoms with Gasteiger partial charge in [0.25, 0.3) is 0 Å². The lowest BCUT2D eigenvalue weighted by Gasteiger charge is -2.05. The van der Waals surface area contributed by atoms with Crippen molar-refractivity contribution in [2.45, 2.75) is 73.6 Å². The molecule has 0 saturated heterocycles. The molecule has 0 unspecified atom stereocenters. The third-order valence-corrected chi connectivity index (χ3v) is 8.35. The minimum atomic E-state index is 0. The van der Waals surface area contributed by atoms with Crippen molar-refractivity contribution in [2.75, 3.05) is 0 Å². The second-order valence-electron chi connectivity index (χ2n) is 12.0. The summed E-state index contributed by atoms with van der Waals surface area (Å²) in [6, 6.07) is 32.8. The molecule has 0 aliphatic carbocycles. The van der Waals surface area contributed by atoms with E-state index in [-0.39, 0.29) is 14.9 Å². The number of aliphatic imine (C=N–C) groups is 2. The van der Waals surface area contributed by atoms with Crippen molar-refractivity contribution in [2.24, 2.45) is 9.98 Å². The SMILES string of the molecule is C.C.C=Nc1ccc(-c2ccc(-c3ncc(CCCC)cn3)cc2)cc1.C=Nc1ccc(-c2ccc(-c3ncc(CCCCC)cn3)cc2)cc1. The van der Waals surface area contributed by atoms with E-state index in [1.165, 1.54) is 43.2 Å². The number of rotatable bonds is 13. The highest BCUT2D eigenvalue weighted by Crippen LogP contribution is 2.26. The van der Waals surface area contributed by atoms with Crippen LogP contribution in [-0.4, -0.2) is 33.4 Å². The lowest BCUT2D eigenvalue weighted by molar-refractivity contribution is 0.714. The van der Waals surface area contributed by atoms with E-state index in [1.807, 2.05) is 49.1 Å². The predicted molar refractivity (Wildman–Crippen MR) is 220 cm³/mol. The normalized spacial score (nSPS) is 10.2. The van der Waals surface area contributed by atoms with Gasteiger partial charge in [-0.25, -0.2) is 19.9 Å². The Morgan fingerprint density at radius 2 is 0.706 bits per heavy atom. The van der Waals surface area contributed by atoms with Crippen LogP contribution < -0.4 is 0 Å². The Bertz CT molecular complexity index is 1880. The molecule has 0 aliphatic rings. The Balaban J connectivity index is 0.000000265. The van der Waals surface area contributed by atoms with E-state index in [4.69, 9.17) is 0 Å². The minimum Gasteiger partial charge on any atom is -0.265 e. The highest BCUT2D eigenvalue weighted by Gasteiger charge is 2.05.